The molecule has 1 aromatic rings. The van der Waals surface area contributed by atoms with Crippen molar-refractivity contribution in [2.24, 2.45) is 5.10 Å². The highest BCUT2D eigenvalue weighted by molar-refractivity contribution is 7.80. The molecular weight excluding hydrogens is 310 g/mol. The van der Waals surface area contributed by atoms with Crippen molar-refractivity contribution >= 4 is 23.5 Å². The molecule has 0 aromatic heterocycles. The second kappa shape index (κ2) is 10.2. The molecule has 1 unspecified atom stereocenters. The van der Waals surface area contributed by atoms with E-state index in [1.807, 2.05) is 24.3 Å². The second-order valence-corrected chi connectivity index (χ2v) is 5.89. The van der Waals surface area contributed by atoms with E-state index in [1.54, 1.807) is 6.21 Å². The summed E-state index contributed by atoms with van der Waals surface area (Å²) in [4.78, 5) is 0. The molecule has 0 bridgehead atoms. The molecule has 1 atom stereocenters. The summed E-state index contributed by atoms with van der Waals surface area (Å²) in [6.45, 7) is 4.49. The van der Waals surface area contributed by atoms with E-state index >= 15 is 0 Å². The van der Waals surface area contributed by atoms with Crippen LogP contribution in [0.5, 0.6) is 5.75 Å². The Morgan fingerprint density at radius 1 is 1.43 bits per heavy atom. The molecule has 0 spiro atoms. The van der Waals surface area contributed by atoms with Gasteiger partial charge in [-0.3, -0.25) is 5.43 Å². The SMILES string of the molecule is CCCCOc1ccc(/C=N/NC(=S)NCC2CCCO2)cc1. The van der Waals surface area contributed by atoms with Crippen molar-refractivity contribution in [3.05, 3.63) is 29.8 Å². The fraction of sp³-hybridized carbons (Fsp3) is 0.529. The number of benzene rings is 1. The summed E-state index contributed by atoms with van der Waals surface area (Å²) in [6.07, 6.45) is 6.42. The van der Waals surface area contributed by atoms with Crippen molar-refractivity contribution < 1.29 is 9.47 Å². The first-order valence-corrected chi connectivity index (χ1v) is 8.60. The molecule has 0 saturated carbocycles. The van der Waals surface area contributed by atoms with Crippen LogP contribution in [0.3, 0.4) is 0 Å². The van der Waals surface area contributed by atoms with E-state index in [4.69, 9.17) is 21.7 Å². The molecule has 1 fully saturated rings. The van der Waals surface area contributed by atoms with E-state index in [0.29, 0.717) is 5.11 Å². The van der Waals surface area contributed by atoms with Crippen LogP contribution >= 0.6 is 12.2 Å². The molecule has 0 aliphatic carbocycles. The van der Waals surface area contributed by atoms with Crippen LogP contribution in [-0.2, 0) is 4.74 Å². The van der Waals surface area contributed by atoms with E-state index in [2.05, 4.69) is 22.8 Å². The van der Waals surface area contributed by atoms with Crippen LogP contribution in [0.4, 0.5) is 0 Å². The quantitative estimate of drug-likeness (QED) is 0.331. The van der Waals surface area contributed by atoms with Crippen LogP contribution in [0.1, 0.15) is 38.2 Å². The summed E-state index contributed by atoms with van der Waals surface area (Å²) in [5.41, 5.74) is 3.80. The minimum Gasteiger partial charge on any atom is -0.494 e. The molecule has 1 heterocycles. The number of nitrogens with one attached hydrogen (secondary N) is 2. The Kier molecular flexibility index (Phi) is 7.83. The summed E-state index contributed by atoms with van der Waals surface area (Å²) in [5.74, 6) is 0.886. The molecule has 23 heavy (non-hydrogen) atoms. The molecule has 1 aliphatic heterocycles. The van der Waals surface area contributed by atoms with E-state index in [0.717, 1.165) is 56.8 Å². The molecule has 1 aromatic carbocycles. The zero-order chi connectivity index (χ0) is 16.3. The Balaban J connectivity index is 1.66. The fourth-order valence-corrected chi connectivity index (χ4v) is 2.34. The molecule has 2 rings (SSSR count). The van der Waals surface area contributed by atoms with Crippen molar-refractivity contribution in [2.45, 2.75) is 38.7 Å². The largest absolute Gasteiger partial charge is 0.494 e. The normalized spacial score (nSPS) is 17.3. The third kappa shape index (κ3) is 6.97. The maximum atomic E-state index is 5.62. The second-order valence-electron chi connectivity index (χ2n) is 5.49. The lowest BCUT2D eigenvalue weighted by atomic mass is 10.2. The van der Waals surface area contributed by atoms with Gasteiger partial charge in [-0.2, -0.15) is 5.10 Å². The summed E-state index contributed by atoms with van der Waals surface area (Å²) >= 11 is 5.17. The maximum absolute atomic E-state index is 5.62. The van der Waals surface area contributed by atoms with Gasteiger partial charge in [-0.1, -0.05) is 13.3 Å². The topological polar surface area (TPSA) is 54.9 Å². The Morgan fingerprint density at radius 3 is 2.96 bits per heavy atom. The number of hydrazone groups is 1. The van der Waals surface area contributed by atoms with Crippen molar-refractivity contribution in [3.8, 4) is 5.75 Å². The van der Waals surface area contributed by atoms with Gasteiger partial charge in [-0.05, 0) is 61.3 Å². The van der Waals surface area contributed by atoms with Crippen LogP contribution in [0.2, 0.25) is 0 Å². The number of unbranched alkanes of at least 4 members (excludes halogenated alkanes) is 1. The average Bonchev–Trinajstić information content (AvgIpc) is 3.08. The lowest BCUT2D eigenvalue weighted by molar-refractivity contribution is 0.114. The Morgan fingerprint density at radius 2 is 2.26 bits per heavy atom. The van der Waals surface area contributed by atoms with Gasteiger partial charge in [-0.25, -0.2) is 0 Å². The van der Waals surface area contributed by atoms with Crippen LogP contribution in [0.25, 0.3) is 0 Å². The first-order chi connectivity index (χ1) is 11.3. The van der Waals surface area contributed by atoms with Crippen LogP contribution in [0.15, 0.2) is 29.4 Å². The number of hydrogen-bond donors (Lipinski definition) is 2. The van der Waals surface area contributed by atoms with Crippen molar-refractivity contribution in [1.82, 2.24) is 10.7 Å². The summed E-state index contributed by atoms with van der Waals surface area (Å²) in [7, 11) is 0. The highest BCUT2D eigenvalue weighted by Crippen LogP contribution is 2.12. The number of thiocarbonyl (C=S) groups is 1. The third-order valence-electron chi connectivity index (χ3n) is 3.54. The predicted octanol–water partition coefficient (Wildman–Crippen LogP) is 2.84. The lowest BCUT2D eigenvalue weighted by Gasteiger charge is -2.11. The zero-order valence-electron chi connectivity index (χ0n) is 13.6. The number of hydrogen-bond acceptors (Lipinski definition) is 4. The summed E-state index contributed by atoms with van der Waals surface area (Å²) < 4.78 is 11.1. The molecule has 6 heteroatoms. The van der Waals surface area contributed by atoms with Gasteiger partial charge < -0.3 is 14.8 Å². The minimum absolute atomic E-state index is 0.263. The van der Waals surface area contributed by atoms with Gasteiger partial charge in [0.1, 0.15) is 5.75 Å². The Bertz CT molecular complexity index is 499. The first-order valence-electron chi connectivity index (χ1n) is 8.19. The van der Waals surface area contributed by atoms with Crippen LogP contribution < -0.4 is 15.5 Å². The van der Waals surface area contributed by atoms with Crippen molar-refractivity contribution in [1.29, 1.82) is 0 Å². The molecule has 2 N–H and O–H groups in total. The zero-order valence-corrected chi connectivity index (χ0v) is 14.4. The molecular formula is C17H25N3O2S. The minimum atomic E-state index is 0.263. The van der Waals surface area contributed by atoms with Gasteiger partial charge in [0, 0.05) is 13.2 Å². The molecule has 1 saturated heterocycles. The van der Waals surface area contributed by atoms with E-state index in [9.17, 15) is 0 Å². The first kappa shape index (κ1) is 17.7. The monoisotopic (exact) mass is 335 g/mol. The van der Waals surface area contributed by atoms with Gasteiger partial charge in [0.15, 0.2) is 5.11 Å². The summed E-state index contributed by atoms with van der Waals surface area (Å²) in [5, 5.41) is 7.75. The molecule has 0 radical (unpaired) electrons. The van der Waals surface area contributed by atoms with E-state index in [-0.39, 0.29) is 6.10 Å². The highest BCUT2D eigenvalue weighted by atomic mass is 32.1. The van der Waals surface area contributed by atoms with Crippen LogP contribution in [-0.4, -0.2) is 37.2 Å². The summed E-state index contributed by atoms with van der Waals surface area (Å²) in [6, 6.07) is 7.83. The number of rotatable bonds is 8. The van der Waals surface area contributed by atoms with Gasteiger partial charge >= 0.3 is 0 Å². The predicted molar refractivity (Wildman–Crippen MR) is 97.1 cm³/mol. The van der Waals surface area contributed by atoms with Gasteiger partial charge in [0.25, 0.3) is 0 Å². The van der Waals surface area contributed by atoms with E-state index < -0.39 is 0 Å². The molecule has 5 nitrogen and oxygen atoms in total. The number of nitrogens with zero attached hydrogens (tertiary/aromatic N) is 1. The van der Waals surface area contributed by atoms with E-state index in [1.165, 1.54) is 0 Å². The molecule has 1 aliphatic rings. The van der Waals surface area contributed by atoms with Gasteiger partial charge in [0.2, 0.25) is 0 Å². The average molecular weight is 335 g/mol. The van der Waals surface area contributed by atoms with Crippen molar-refractivity contribution in [3.63, 3.8) is 0 Å². The van der Waals surface area contributed by atoms with Crippen LogP contribution in [0, 0.1) is 0 Å². The highest BCUT2D eigenvalue weighted by Gasteiger charge is 2.14. The standard InChI is InChI=1S/C17H25N3O2S/c1-2-3-10-21-15-8-6-14(7-9-15)12-19-20-17(23)18-13-16-5-4-11-22-16/h6-9,12,16H,2-5,10-11,13H2,1H3,(H2,18,20,23)/b19-12+. The molecule has 126 valence electrons. The van der Waals surface area contributed by atoms with Gasteiger partial charge in [0.05, 0.1) is 18.9 Å². The molecule has 0 amide bonds. The maximum Gasteiger partial charge on any atom is 0.187 e. The van der Waals surface area contributed by atoms with Gasteiger partial charge in [-0.15, -0.1) is 0 Å². The fourth-order valence-electron chi connectivity index (χ4n) is 2.20. The smallest absolute Gasteiger partial charge is 0.187 e. The lowest BCUT2D eigenvalue weighted by Crippen LogP contribution is -2.37. The Labute approximate surface area is 143 Å². The Hall–Kier alpha value is -1.66. The third-order valence-corrected chi connectivity index (χ3v) is 3.78. The van der Waals surface area contributed by atoms with Crippen molar-refractivity contribution in [2.75, 3.05) is 19.8 Å². The number of ether oxygens (including phenoxy) is 2.